The van der Waals surface area contributed by atoms with Gasteiger partial charge in [0.2, 0.25) is 5.91 Å². The molecular weight excluding hydrogens is 943 g/mol. The molecule has 1 amide bonds. The maximum Gasteiger partial charge on any atom is 0.220 e. The molecule has 0 saturated carbocycles. The zero-order valence-electron chi connectivity index (χ0n) is 52.4. The van der Waals surface area contributed by atoms with Crippen molar-refractivity contribution in [1.82, 2.24) is 5.32 Å². The third kappa shape index (κ3) is 62.0. The van der Waals surface area contributed by atoms with Crippen LogP contribution in [0.3, 0.4) is 0 Å². The highest BCUT2D eigenvalue weighted by atomic mass is 16.3. The summed E-state index contributed by atoms with van der Waals surface area (Å²) in [6.45, 7) is 4.22. The van der Waals surface area contributed by atoms with Gasteiger partial charge in [0.15, 0.2) is 0 Å². The lowest BCUT2D eigenvalue weighted by atomic mass is 10.0. The van der Waals surface area contributed by atoms with Gasteiger partial charge in [-0.05, 0) is 77.0 Å². The van der Waals surface area contributed by atoms with Crippen LogP contribution in [-0.4, -0.2) is 46.1 Å². The summed E-state index contributed by atoms with van der Waals surface area (Å²) >= 11 is 0. The van der Waals surface area contributed by atoms with Crippen molar-refractivity contribution in [2.24, 2.45) is 0 Å². The lowest BCUT2D eigenvalue weighted by Gasteiger charge is -2.26. The van der Waals surface area contributed by atoms with E-state index in [0.717, 1.165) is 44.9 Å². The molecule has 0 aromatic heterocycles. The molecule has 5 nitrogen and oxygen atoms in total. The molecule has 0 saturated heterocycles. The second-order valence-electron chi connectivity index (χ2n) is 24.4. The Bertz CT molecular complexity index is 1200. The number of hydrogen-bond donors (Lipinski definition) is 4. The number of unbranched alkanes of at least 4 members (excludes halogenated alkanes) is 52. The highest BCUT2D eigenvalue weighted by Gasteiger charge is 2.26. The fraction of sp³-hybridized carbons (Fsp3) is 0.903. The van der Waals surface area contributed by atoms with Gasteiger partial charge in [-0.3, -0.25) is 4.79 Å². The summed E-state index contributed by atoms with van der Waals surface area (Å²) in [4.78, 5) is 12.6. The molecule has 3 unspecified atom stereocenters. The summed E-state index contributed by atoms with van der Waals surface area (Å²) in [5.41, 5.74) is 0. The molecule has 0 rings (SSSR count). The maximum absolute atomic E-state index is 12.6. The summed E-state index contributed by atoms with van der Waals surface area (Å²) in [5, 5.41) is 33.9. The van der Waals surface area contributed by atoms with Crippen molar-refractivity contribution in [3.05, 3.63) is 36.5 Å². The molecule has 0 radical (unpaired) electrons. The Kier molecular flexibility index (Phi) is 65.8. The first kappa shape index (κ1) is 75.6. The van der Waals surface area contributed by atoms with Crippen LogP contribution in [-0.2, 0) is 4.79 Å². The third-order valence-electron chi connectivity index (χ3n) is 16.7. The van der Waals surface area contributed by atoms with Crippen molar-refractivity contribution in [3.63, 3.8) is 0 Å². The molecule has 0 heterocycles. The summed E-state index contributed by atoms with van der Waals surface area (Å²) in [5.74, 6) is -0.152. The lowest BCUT2D eigenvalue weighted by Crippen LogP contribution is -2.50. The molecule has 0 aliphatic heterocycles. The van der Waals surface area contributed by atoms with Crippen molar-refractivity contribution >= 4 is 5.91 Å². The van der Waals surface area contributed by atoms with Gasteiger partial charge in [0.05, 0.1) is 18.8 Å². The minimum Gasteiger partial charge on any atom is -0.394 e. The van der Waals surface area contributed by atoms with Gasteiger partial charge in [0.1, 0.15) is 6.10 Å². The van der Waals surface area contributed by atoms with Crippen molar-refractivity contribution in [1.29, 1.82) is 0 Å². The fourth-order valence-corrected chi connectivity index (χ4v) is 11.3. The SMILES string of the molecule is CCCCCCCCCCCCCCCCC/C=C/CC/C=C/CCCC(O)C(O)C(CO)NC(=O)CCCCCCCCCCCCCCCCCCC/C=C\CCCCCCCCCCCCCCCCCCCC. The Morgan fingerprint density at radius 1 is 0.312 bits per heavy atom. The van der Waals surface area contributed by atoms with Crippen LogP contribution in [0.5, 0.6) is 0 Å². The molecular formula is C72H139NO4. The first-order valence-electron chi connectivity index (χ1n) is 35.3. The number of aliphatic hydroxyl groups is 3. The Labute approximate surface area is 483 Å². The molecule has 0 bridgehead atoms. The van der Waals surface area contributed by atoms with Gasteiger partial charge in [-0.25, -0.2) is 0 Å². The monoisotopic (exact) mass is 1080 g/mol. The van der Waals surface area contributed by atoms with E-state index < -0.39 is 18.2 Å². The molecule has 0 aromatic rings. The van der Waals surface area contributed by atoms with Gasteiger partial charge >= 0.3 is 0 Å². The van der Waals surface area contributed by atoms with Crippen LogP contribution in [0.4, 0.5) is 0 Å². The lowest BCUT2D eigenvalue weighted by molar-refractivity contribution is -0.124. The van der Waals surface area contributed by atoms with E-state index in [-0.39, 0.29) is 12.5 Å². The minimum absolute atomic E-state index is 0.152. The van der Waals surface area contributed by atoms with E-state index in [1.165, 1.54) is 321 Å². The summed E-state index contributed by atoms with van der Waals surface area (Å²) < 4.78 is 0. The van der Waals surface area contributed by atoms with Gasteiger partial charge < -0.3 is 20.6 Å². The average molecular weight is 1080 g/mol. The van der Waals surface area contributed by atoms with E-state index in [0.29, 0.717) is 12.8 Å². The van der Waals surface area contributed by atoms with Gasteiger partial charge in [-0.1, -0.05) is 346 Å². The number of carbonyl (C=O) groups excluding carboxylic acids is 1. The van der Waals surface area contributed by atoms with Crippen LogP contribution in [0, 0.1) is 0 Å². The molecule has 456 valence electrons. The van der Waals surface area contributed by atoms with E-state index >= 15 is 0 Å². The normalized spacial score (nSPS) is 13.3. The van der Waals surface area contributed by atoms with Gasteiger partial charge in [0, 0.05) is 6.42 Å². The number of hydrogen-bond acceptors (Lipinski definition) is 4. The molecule has 4 N–H and O–H groups in total. The highest BCUT2D eigenvalue weighted by Crippen LogP contribution is 2.19. The largest absolute Gasteiger partial charge is 0.394 e. The molecule has 0 spiro atoms. The number of allylic oxidation sites excluding steroid dienone is 6. The number of aliphatic hydroxyl groups excluding tert-OH is 3. The highest BCUT2D eigenvalue weighted by molar-refractivity contribution is 5.76. The predicted molar refractivity (Wildman–Crippen MR) is 342 cm³/mol. The first-order valence-corrected chi connectivity index (χ1v) is 35.3. The van der Waals surface area contributed by atoms with Crippen molar-refractivity contribution in [2.45, 2.75) is 411 Å². The van der Waals surface area contributed by atoms with Crippen LogP contribution >= 0.6 is 0 Å². The van der Waals surface area contributed by atoms with Gasteiger partial charge in [-0.2, -0.15) is 0 Å². The van der Waals surface area contributed by atoms with E-state index in [1.807, 2.05) is 0 Å². The van der Waals surface area contributed by atoms with Crippen LogP contribution in [0.2, 0.25) is 0 Å². The van der Waals surface area contributed by atoms with Crippen LogP contribution in [0.1, 0.15) is 393 Å². The molecule has 77 heavy (non-hydrogen) atoms. The zero-order chi connectivity index (χ0) is 55.7. The quantitative estimate of drug-likeness (QED) is 0.0361. The van der Waals surface area contributed by atoms with Crippen molar-refractivity contribution in [2.75, 3.05) is 6.61 Å². The number of nitrogens with one attached hydrogen (secondary N) is 1. The molecule has 5 heteroatoms. The van der Waals surface area contributed by atoms with Crippen molar-refractivity contribution < 1.29 is 20.1 Å². The average Bonchev–Trinajstić information content (AvgIpc) is 3.43. The molecule has 0 aliphatic carbocycles. The molecule has 3 atom stereocenters. The predicted octanol–water partition coefficient (Wildman–Crippen LogP) is 22.9. The summed E-state index contributed by atoms with van der Waals surface area (Å²) in [7, 11) is 0. The Hall–Kier alpha value is -1.43. The summed E-state index contributed by atoms with van der Waals surface area (Å²) in [6, 6.07) is -0.833. The van der Waals surface area contributed by atoms with E-state index in [1.54, 1.807) is 0 Å². The van der Waals surface area contributed by atoms with Crippen molar-refractivity contribution in [3.8, 4) is 0 Å². The first-order chi connectivity index (χ1) is 38.1. The van der Waals surface area contributed by atoms with E-state index in [9.17, 15) is 20.1 Å². The standard InChI is InChI=1S/C72H139NO4/c1-3-5-7-9-11-13-15-17-19-21-23-25-27-29-30-31-32-33-34-35-36-37-38-39-40-41-42-43-45-47-49-51-53-55-57-59-61-63-65-67-71(76)73-69(68-74)72(77)70(75)66-64-62-60-58-56-54-52-50-48-46-44-28-26-24-22-20-18-16-14-12-10-8-6-4-2/h35-36,50,52,58,60,69-70,72,74-75,77H,3-34,37-49,51,53-57,59,61-68H2,1-2H3,(H,73,76)/b36-35-,52-50+,60-58+. The summed E-state index contributed by atoms with van der Waals surface area (Å²) in [6.07, 6.45) is 89.5. The topological polar surface area (TPSA) is 89.8 Å². The molecule has 0 aliphatic rings. The Morgan fingerprint density at radius 2 is 0.532 bits per heavy atom. The molecule has 0 aromatic carbocycles. The third-order valence-corrected chi connectivity index (χ3v) is 16.7. The second kappa shape index (κ2) is 67.1. The Balaban J connectivity index is 3.48. The zero-order valence-corrected chi connectivity index (χ0v) is 52.4. The van der Waals surface area contributed by atoms with Crippen LogP contribution in [0.25, 0.3) is 0 Å². The number of amides is 1. The Morgan fingerprint density at radius 3 is 0.792 bits per heavy atom. The van der Waals surface area contributed by atoms with Gasteiger partial charge in [0.25, 0.3) is 0 Å². The maximum atomic E-state index is 12.6. The number of carbonyl (C=O) groups is 1. The second-order valence-corrected chi connectivity index (χ2v) is 24.4. The fourth-order valence-electron chi connectivity index (χ4n) is 11.3. The number of rotatable bonds is 66. The van der Waals surface area contributed by atoms with Crippen LogP contribution < -0.4 is 5.32 Å². The van der Waals surface area contributed by atoms with Crippen LogP contribution in [0.15, 0.2) is 36.5 Å². The smallest absolute Gasteiger partial charge is 0.220 e. The minimum atomic E-state index is -1.17. The van der Waals surface area contributed by atoms with Gasteiger partial charge in [-0.15, -0.1) is 0 Å². The van der Waals surface area contributed by atoms with E-state index in [2.05, 4.69) is 55.6 Å². The molecule has 0 fully saturated rings. The van der Waals surface area contributed by atoms with E-state index in [4.69, 9.17) is 0 Å².